The van der Waals surface area contributed by atoms with Crippen LogP contribution in [0.4, 0.5) is 10.1 Å². The molecule has 0 unspecified atom stereocenters. The zero-order chi connectivity index (χ0) is 17.8. The second-order valence-electron chi connectivity index (χ2n) is 5.68. The van der Waals surface area contributed by atoms with Gasteiger partial charge in [-0.1, -0.05) is 12.1 Å². The second kappa shape index (κ2) is 7.60. The molecular weight excluding hydrogens is 389 g/mol. The third-order valence-electron chi connectivity index (χ3n) is 3.61. The minimum absolute atomic E-state index is 0.116. The molecule has 3 aromatic rings. The van der Waals surface area contributed by atoms with Crippen LogP contribution in [-0.2, 0) is 17.9 Å². The maximum Gasteiger partial charge on any atom is 0.226 e. The Kier molecular flexibility index (Phi) is 5.28. The van der Waals surface area contributed by atoms with Crippen molar-refractivity contribution in [3.8, 4) is 0 Å². The number of halogens is 2. The van der Waals surface area contributed by atoms with E-state index in [1.165, 1.54) is 12.1 Å². The largest absolute Gasteiger partial charge is 0.323 e. The molecule has 0 saturated carbocycles. The normalized spacial score (nSPS) is 10.8. The Bertz CT molecular complexity index is 869. The highest BCUT2D eigenvalue weighted by Gasteiger charge is 2.07. The minimum atomic E-state index is -0.279. The van der Waals surface area contributed by atoms with Crippen LogP contribution in [0.2, 0.25) is 0 Å². The molecule has 0 saturated heterocycles. The minimum Gasteiger partial charge on any atom is -0.323 e. The molecule has 1 aromatic carbocycles. The zero-order valence-corrected chi connectivity index (χ0v) is 15.2. The van der Waals surface area contributed by atoms with Crippen LogP contribution in [0.15, 0.2) is 47.3 Å². The molecule has 0 bridgehead atoms. The summed E-state index contributed by atoms with van der Waals surface area (Å²) in [6.45, 7) is 2.83. The lowest BCUT2D eigenvalue weighted by Gasteiger charge is -2.03. The third kappa shape index (κ3) is 4.76. The highest BCUT2D eigenvalue weighted by molar-refractivity contribution is 9.10. The van der Waals surface area contributed by atoms with E-state index in [9.17, 15) is 9.18 Å². The molecule has 3 rings (SSSR count). The lowest BCUT2D eigenvalue weighted by Crippen LogP contribution is -2.14. The van der Waals surface area contributed by atoms with Crippen LogP contribution in [0.1, 0.15) is 17.7 Å². The summed E-state index contributed by atoms with van der Waals surface area (Å²) >= 11 is 3.39. The van der Waals surface area contributed by atoms with Gasteiger partial charge in [-0.2, -0.15) is 10.2 Å². The van der Waals surface area contributed by atoms with Crippen LogP contribution in [0.3, 0.4) is 0 Å². The van der Waals surface area contributed by atoms with Gasteiger partial charge in [-0.15, -0.1) is 0 Å². The first kappa shape index (κ1) is 17.3. The lowest BCUT2D eigenvalue weighted by atomic mass is 10.2. The van der Waals surface area contributed by atoms with Gasteiger partial charge in [0, 0.05) is 25.4 Å². The van der Waals surface area contributed by atoms with Gasteiger partial charge in [-0.3, -0.25) is 14.2 Å². The topological polar surface area (TPSA) is 64.7 Å². The number of benzene rings is 1. The van der Waals surface area contributed by atoms with Crippen molar-refractivity contribution in [2.45, 2.75) is 26.4 Å². The number of anilines is 1. The number of hydrogen-bond acceptors (Lipinski definition) is 3. The summed E-state index contributed by atoms with van der Waals surface area (Å²) in [6.07, 6.45) is 5.45. The van der Waals surface area contributed by atoms with E-state index in [-0.39, 0.29) is 11.7 Å². The number of nitrogens with zero attached hydrogens (tertiary/aromatic N) is 4. The fourth-order valence-corrected chi connectivity index (χ4v) is 2.70. The van der Waals surface area contributed by atoms with E-state index >= 15 is 0 Å². The predicted octanol–water partition coefficient (Wildman–Crippen LogP) is 3.37. The predicted molar refractivity (Wildman–Crippen MR) is 95.6 cm³/mol. The standard InChI is InChI=1S/C17H17BrFN5O/c1-12-16(18)11-23(22-12)6-5-17(25)21-15-8-20-24(10-15)9-13-3-2-4-14(19)7-13/h2-4,7-8,10-11H,5-6,9H2,1H3,(H,21,25). The van der Waals surface area contributed by atoms with E-state index in [2.05, 4.69) is 31.4 Å². The van der Waals surface area contributed by atoms with E-state index in [4.69, 9.17) is 0 Å². The molecule has 8 heteroatoms. The fraction of sp³-hybridized carbons (Fsp3) is 0.235. The van der Waals surface area contributed by atoms with Crippen molar-refractivity contribution < 1.29 is 9.18 Å². The average molecular weight is 406 g/mol. The number of carbonyl (C=O) groups is 1. The van der Waals surface area contributed by atoms with E-state index in [1.54, 1.807) is 27.8 Å². The monoisotopic (exact) mass is 405 g/mol. The number of aromatic nitrogens is 4. The molecule has 0 spiro atoms. The molecule has 2 aromatic heterocycles. The Morgan fingerprint density at radius 2 is 2.16 bits per heavy atom. The quantitative estimate of drug-likeness (QED) is 0.683. The van der Waals surface area contributed by atoms with Gasteiger partial charge in [0.15, 0.2) is 0 Å². The molecule has 0 fully saturated rings. The Balaban J connectivity index is 1.53. The number of amides is 1. The summed E-state index contributed by atoms with van der Waals surface area (Å²) in [6, 6.07) is 6.35. The molecule has 1 amide bonds. The van der Waals surface area contributed by atoms with Crippen LogP contribution in [-0.4, -0.2) is 25.5 Å². The number of aryl methyl sites for hydroxylation is 2. The van der Waals surface area contributed by atoms with Gasteiger partial charge in [0.25, 0.3) is 0 Å². The van der Waals surface area contributed by atoms with Gasteiger partial charge in [-0.05, 0) is 40.5 Å². The number of hydrogen-bond donors (Lipinski definition) is 1. The van der Waals surface area contributed by atoms with Gasteiger partial charge in [0.2, 0.25) is 5.91 Å². The Morgan fingerprint density at radius 1 is 1.32 bits per heavy atom. The first-order chi connectivity index (χ1) is 12.0. The summed E-state index contributed by atoms with van der Waals surface area (Å²) in [5, 5.41) is 11.3. The SMILES string of the molecule is Cc1nn(CCC(=O)Nc2cnn(Cc3cccc(F)c3)c2)cc1Br. The van der Waals surface area contributed by atoms with Crippen molar-refractivity contribution in [2.75, 3.05) is 5.32 Å². The molecular formula is C17H17BrFN5O. The van der Waals surface area contributed by atoms with Crippen molar-refractivity contribution in [2.24, 2.45) is 0 Å². The van der Waals surface area contributed by atoms with E-state index in [1.807, 2.05) is 19.2 Å². The summed E-state index contributed by atoms with van der Waals surface area (Å²) < 4.78 is 17.5. The highest BCUT2D eigenvalue weighted by atomic mass is 79.9. The molecule has 25 heavy (non-hydrogen) atoms. The summed E-state index contributed by atoms with van der Waals surface area (Å²) in [4.78, 5) is 12.0. The molecule has 0 aliphatic rings. The van der Waals surface area contributed by atoms with E-state index in [0.29, 0.717) is 25.2 Å². The summed E-state index contributed by atoms with van der Waals surface area (Å²) in [5.41, 5.74) is 2.30. The van der Waals surface area contributed by atoms with Crippen LogP contribution < -0.4 is 5.32 Å². The number of carbonyl (C=O) groups excluding carboxylic acids is 1. The molecule has 0 aliphatic carbocycles. The smallest absolute Gasteiger partial charge is 0.226 e. The number of nitrogens with one attached hydrogen (secondary N) is 1. The molecule has 6 nitrogen and oxygen atoms in total. The Morgan fingerprint density at radius 3 is 2.88 bits per heavy atom. The van der Waals surface area contributed by atoms with Gasteiger partial charge in [0.05, 0.1) is 28.6 Å². The van der Waals surface area contributed by atoms with Crippen LogP contribution in [0.25, 0.3) is 0 Å². The molecule has 0 radical (unpaired) electrons. The van der Waals surface area contributed by atoms with Crippen molar-refractivity contribution >= 4 is 27.5 Å². The Labute approximate surface area is 152 Å². The number of rotatable bonds is 6. The van der Waals surface area contributed by atoms with Gasteiger partial charge < -0.3 is 5.32 Å². The fourth-order valence-electron chi connectivity index (χ4n) is 2.38. The third-order valence-corrected chi connectivity index (χ3v) is 4.38. The van der Waals surface area contributed by atoms with Gasteiger partial charge >= 0.3 is 0 Å². The van der Waals surface area contributed by atoms with Crippen LogP contribution in [0.5, 0.6) is 0 Å². The average Bonchev–Trinajstić information content (AvgIpc) is 3.12. The van der Waals surface area contributed by atoms with E-state index in [0.717, 1.165) is 15.7 Å². The zero-order valence-electron chi connectivity index (χ0n) is 13.6. The van der Waals surface area contributed by atoms with Crippen LogP contribution in [0, 0.1) is 12.7 Å². The van der Waals surface area contributed by atoms with Crippen LogP contribution >= 0.6 is 15.9 Å². The van der Waals surface area contributed by atoms with Crippen molar-refractivity contribution in [1.29, 1.82) is 0 Å². The van der Waals surface area contributed by atoms with E-state index < -0.39 is 0 Å². The first-order valence-corrected chi connectivity index (χ1v) is 8.55. The first-order valence-electron chi connectivity index (χ1n) is 7.76. The second-order valence-corrected chi connectivity index (χ2v) is 6.53. The van der Waals surface area contributed by atoms with Crippen molar-refractivity contribution in [3.05, 3.63) is 64.4 Å². The molecule has 0 atom stereocenters. The summed E-state index contributed by atoms with van der Waals surface area (Å²) in [5.74, 6) is -0.395. The van der Waals surface area contributed by atoms with Gasteiger partial charge in [0.1, 0.15) is 5.82 Å². The summed E-state index contributed by atoms with van der Waals surface area (Å²) in [7, 11) is 0. The maximum atomic E-state index is 13.2. The highest BCUT2D eigenvalue weighted by Crippen LogP contribution is 2.14. The van der Waals surface area contributed by atoms with Crippen molar-refractivity contribution in [3.63, 3.8) is 0 Å². The molecule has 2 heterocycles. The maximum absolute atomic E-state index is 13.2. The lowest BCUT2D eigenvalue weighted by molar-refractivity contribution is -0.116. The Hall–Kier alpha value is -2.48. The molecule has 0 aliphatic heterocycles. The molecule has 130 valence electrons. The molecule has 1 N–H and O–H groups in total. The van der Waals surface area contributed by atoms with Gasteiger partial charge in [-0.25, -0.2) is 4.39 Å². The van der Waals surface area contributed by atoms with Crippen molar-refractivity contribution in [1.82, 2.24) is 19.6 Å².